The predicted molar refractivity (Wildman–Crippen MR) is 83.6 cm³/mol. The molecule has 1 heterocycles. The summed E-state index contributed by atoms with van der Waals surface area (Å²) in [7, 11) is 0. The van der Waals surface area contributed by atoms with Gasteiger partial charge in [-0.15, -0.1) is 0 Å². The molecule has 1 aliphatic carbocycles. The van der Waals surface area contributed by atoms with E-state index in [0.29, 0.717) is 6.10 Å². The fraction of sp³-hybridized carbons (Fsp3) is 0.474. The van der Waals surface area contributed by atoms with Crippen molar-refractivity contribution in [2.24, 2.45) is 0 Å². The van der Waals surface area contributed by atoms with Crippen LogP contribution in [-0.2, 0) is 4.74 Å². The van der Waals surface area contributed by atoms with Gasteiger partial charge in [-0.3, -0.25) is 0 Å². The van der Waals surface area contributed by atoms with Gasteiger partial charge in [0.2, 0.25) is 0 Å². The molecule has 0 radical (unpaired) electrons. The van der Waals surface area contributed by atoms with Crippen molar-refractivity contribution in [3.8, 4) is 0 Å². The summed E-state index contributed by atoms with van der Waals surface area (Å²) in [6.07, 6.45) is 8.91. The van der Waals surface area contributed by atoms with Crippen LogP contribution in [0.5, 0.6) is 0 Å². The standard InChI is InChI=1S/C19H24O/c1-3-15-16(4-2)19(14-10-6-5-7-11-14)20-18-13-9-8-12-17(15)18/h4-7,10-11,18-19H,3,8-9,12-13H2,1-2H3/b16-4+/t18-,19+/m1/s1. The van der Waals surface area contributed by atoms with Crippen LogP contribution in [0.4, 0.5) is 0 Å². The third-order valence-electron chi connectivity index (χ3n) is 4.64. The van der Waals surface area contributed by atoms with E-state index in [4.69, 9.17) is 4.74 Å². The van der Waals surface area contributed by atoms with Gasteiger partial charge in [0, 0.05) is 0 Å². The summed E-state index contributed by atoms with van der Waals surface area (Å²) >= 11 is 0. The van der Waals surface area contributed by atoms with Crippen molar-refractivity contribution >= 4 is 0 Å². The van der Waals surface area contributed by atoms with Crippen molar-refractivity contribution in [2.75, 3.05) is 0 Å². The van der Waals surface area contributed by atoms with E-state index in [1.807, 2.05) is 0 Å². The summed E-state index contributed by atoms with van der Waals surface area (Å²) in [5.41, 5.74) is 5.83. The van der Waals surface area contributed by atoms with Crippen molar-refractivity contribution in [3.63, 3.8) is 0 Å². The molecule has 0 saturated heterocycles. The zero-order valence-corrected chi connectivity index (χ0v) is 12.6. The van der Waals surface area contributed by atoms with Crippen molar-refractivity contribution in [1.82, 2.24) is 0 Å². The van der Waals surface area contributed by atoms with E-state index in [1.54, 1.807) is 11.1 Å². The van der Waals surface area contributed by atoms with Crippen LogP contribution < -0.4 is 0 Å². The highest BCUT2D eigenvalue weighted by atomic mass is 16.5. The second-order valence-corrected chi connectivity index (χ2v) is 5.76. The lowest BCUT2D eigenvalue weighted by Gasteiger charge is -2.39. The van der Waals surface area contributed by atoms with Gasteiger partial charge in [-0.05, 0) is 54.9 Å². The fourth-order valence-corrected chi connectivity index (χ4v) is 3.70. The molecule has 0 amide bonds. The van der Waals surface area contributed by atoms with Crippen LogP contribution in [0, 0.1) is 0 Å². The second-order valence-electron chi connectivity index (χ2n) is 5.76. The van der Waals surface area contributed by atoms with Gasteiger partial charge in [0.1, 0.15) is 6.10 Å². The van der Waals surface area contributed by atoms with Crippen molar-refractivity contribution < 1.29 is 4.74 Å². The maximum atomic E-state index is 6.49. The Bertz CT molecular complexity index is 524. The van der Waals surface area contributed by atoms with E-state index in [9.17, 15) is 0 Å². The van der Waals surface area contributed by atoms with Gasteiger partial charge in [0.15, 0.2) is 0 Å². The summed E-state index contributed by atoms with van der Waals surface area (Å²) in [5.74, 6) is 0. The van der Waals surface area contributed by atoms with Gasteiger partial charge >= 0.3 is 0 Å². The maximum Gasteiger partial charge on any atom is 0.108 e. The highest BCUT2D eigenvalue weighted by molar-refractivity contribution is 5.45. The molecule has 20 heavy (non-hydrogen) atoms. The maximum absolute atomic E-state index is 6.49. The summed E-state index contributed by atoms with van der Waals surface area (Å²) < 4.78 is 6.49. The number of allylic oxidation sites excluding steroid dienone is 1. The molecular formula is C19H24O. The Hall–Kier alpha value is -1.34. The van der Waals surface area contributed by atoms with Crippen molar-refractivity contribution in [1.29, 1.82) is 0 Å². The Morgan fingerprint density at radius 1 is 1.20 bits per heavy atom. The third kappa shape index (κ3) is 2.35. The van der Waals surface area contributed by atoms with E-state index >= 15 is 0 Å². The first kappa shape index (κ1) is 13.6. The first-order valence-electron chi connectivity index (χ1n) is 7.94. The third-order valence-corrected chi connectivity index (χ3v) is 4.64. The molecule has 0 N–H and O–H groups in total. The molecular weight excluding hydrogens is 244 g/mol. The molecule has 0 unspecified atom stereocenters. The molecule has 2 atom stereocenters. The van der Waals surface area contributed by atoms with Gasteiger partial charge in [-0.1, -0.05) is 49.8 Å². The zero-order valence-electron chi connectivity index (χ0n) is 12.6. The van der Waals surface area contributed by atoms with Gasteiger partial charge < -0.3 is 4.74 Å². The lowest BCUT2D eigenvalue weighted by atomic mass is 9.79. The van der Waals surface area contributed by atoms with Crippen LogP contribution in [0.15, 0.2) is 53.1 Å². The molecule has 1 aliphatic heterocycles. The number of benzene rings is 1. The van der Waals surface area contributed by atoms with E-state index < -0.39 is 0 Å². The minimum Gasteiger partial charge on any atom is -0.361 e. The lowest BCUT2D eigenvalue weighted by molar-refractivity contribution is 0.00511. The van der Waals surface area contributed by atoms with Crippen LogP contribution in [0.25, 0.3) is 0 Å². The number of ether oxygens (including phenoxy) is 1. The molecule has 0 spiro atoms. The molecule has 1 nitrogen and oxygen atoms in total. The van der Waals surface area contributed by atoms with E-state index in [0.717, 1.165) is 6.42 Å². The number of hydrogen-bond acceptors (Lipinski definition) is 1. The molecule has 2 aliphatic rings. The molecule has 1 heteroatoms. The molecule has 3 rings (SSSR count). The molecule has 1 saturated carbocycles. The number of hydrogen-bond donors (Lipinski definition) is 0. The van der Waals surface area contributed by atoms with Gasteiger partial charge in [0.05, 0.1) is 6.10 Å². The smallest absolute Gasteiger partial charge is 0.108 e. The van der Waals surface area contributed by atoms with Crippen LogP contribution >= 0.6 is 0 Å². The minimum atomic E-state index is 0.128. The average Bonchev–Trinajstić information content (AvgIpc) is 2.53. The first-order valence-corrected chi connectivity index (χ1v) is 7.94. The highest BCUT2D eigenvalue weighted by Gasteiger charge is 2.34. The lowest BCUT2D eigenvalue weighted by Crippen LogP contribution is -2.30. The molecule has 0 bridgehead atoms. The Morgan fingerprint density at radius 3 is 2.70 bits per heavy atom. The number of fused-ring (bicyclic) bond motifs is 1. The zero-order chi connectivity index (χ0) is 13.9. The van der Waals surface area contributed by atoms with Gasteiger partial charge in [0.25, 0.3) is 0 Å². The van der Waals surface area contributed by atoms with E-state index in [-0.39, 0.29) is 6.10 Å². The molecule has 106 valence electrons. The molecule has 0 aromatic heterocycles. The highest BCUT2D eigenvalue weighted by Crippen LogP contribution is 2.45. The number of rotatable bonds is 2. The summed E-state index contributed by atoms with van der Waals surface area (Å²) in [5, 5.41) is 0. The van der Waals surface area contributed by atoms with E-state index in [1.165, 1.54) is 36.8 Å². The quantitative estimate of drug-likeness (QED) is 0.702. The van der Waals surface area contributed by atoms with Gasteiger partial charge in [-0.2, -0.15) is 0 Å². The Kier molecular flexibility index (Phi) is 4.07. The predicted octanol–water partition coefficient (Wildman–Crippen LogP) is 5.35. The summed E-state index contributed by atoms with van der Waals surface area (Å²) in [6, 6.07) is 10.7. The van der Waals surface area contributed by atoms with Crippen LogP contribution in [0.1, 0.15) is 57.6 Å². The van der Waals surface area contributed by atoms with Gasteiger partial charge in [-0.25, -0.2) is 0 Å². The Morgan fingerprint density at radius 2 is 2.00 bits per heavy atom. The van der Waals surface area contributed by atoms with Crippen molar-refractivity contribution in [3.05, 3.63) is 58.7 Å². The second kappa shape index (κ2) is 5.97. The van der Waals surface area contributed by atoms with Crippen LogP contribution in [0.3, 0.4) is 0 Å². The normalized spacial score (nSPS) is 28.6. The summed E-state index contributed by atoms with van der Waals surface area (Å²) in [4.78, 5) is 0. The summed E-state index contributed by atoms with van der Waals surface area (Å²) in [6.45, 7) is 4.43. The average molecular weight is 268 g/mol. The van der Waals surface area contributed by atoms with Crippen molar-refractivity contribution in [2.45, 2.75) is 58.2 Å². The SMILES string of the molecule is C/C=C1\C(CC)=C2CCCC[C@H]2O[C@H]1c1ccccc1. The molecule has 1 aromatic rings. The van der Waals surface area contributed by atoms with Crippen LogP contribution in [0.2, 0.25) is 0 Å². The Balaban J connectivity index is 2.04. The molecule has 1 fully saturated rings. The Labute approximate surface area is 122 Å². The van der Waals surface area contributed by atoms with E-state index in [2.05, 4.69) is 50.3 Å². The topological polar surface area (TPSA) is 9.23 Å². The first-order chi connectivity index (χ1) is 9.85. The fourth-order valence-electron chi connectivity index (χ4n) is 3.70. The monoisotopic (exact) mass is 268 g/mol. The molecule has 1 aromatic carbocycles. The largest absolute Gasteiger partial charge is 0.361 e. The van der Waals surface area contributed by atoms with Crippen LogP contribution in [-0.4, -0.2) is 6.10 Å². The minimum absolute atomic E-state index is 0.128.